The van der Waals surface area contributed by atoms with E-state index in [4.69, 9.17) is 4.52 Å². The maximum absolute atomic E-state index is 13.1. The lowest BCUT2D eigenvalue weighted by molar-refractivity contribution is -0.147. The fourth-order valence-electron chi connectivity index (χ4n) is 2.19. The summed E-state index contributed by atoms with van der Waals surface area (Å²) in [6.45, 7) is 2.99. The van der Waals surface area contributed by atoms with Crippen molar-refractivity contribution in [2.45, 2.75) is 19.4 Å². The van der Waals surface area contributed by atoms with Gasteiger partial charge >= 0.3 is 5.97 Å². The lowest BCUT2D eigenvalue weighted by Gasteiger charge is -2.26. The van der Waals surface area contributed by atoms with Gasteiger partial charge in [-0.1, -0.05) is 17.3 Å². The average Bonchev–Trinajstić information content (AvgIpc) is 2.99. The third-order valence-corrected chi connectivity index (χ3v) is 4.53. The minimum Gasteiger partial charge on any atom is -0.479 e. The fourth-order valence-corrected chi connectivity index (χ4v) is 2.81. The van der Waals surface area contributed by atoms with Crippen LogP contribution in [-0.4, -0.2) is 39.6 Å². The van der Waals surface area contributed by atoms with E-state index < -0.39 is 23.2 Å². The number of thioether (sulfide) groups is 1. The van der Waals surface area contributed by atoms with Crippen molar-refractivity contribution in [2.75, 3.05) is 16.8 Å². The van der Waals surface area contributed by atoms with Crippen LogP contribution in [0.25, 0.3) is 0 Å². The summed E-state index contributed by atoms with van der Waals surface area (Å²) in [5.41, 5.74) is -1.49. The predicted molar refractivity (Wildman–Crippen MR) is 96.7 cm³/mol. The van der Waals surface area contributed by atoms with Crippen LogP contribution in [0.4, 0.5) is 10.2 Å². The maximum Gasteiger partial charge on any atom is 0.333 e. The highest BCUT2D eigenvalue weighted by Crippen LogP contribution is 2.22. The highest BCUT2D eigenvalue weighted by Gasteiger charge is 2.36. The van der Waals surface area contributed by atoms with Gasteiger partial charge in [0.05, 0.1) is 11.5 Å². The maximum atomic E-state index is 13.1. The van der Waals surface area contributed by atoms with Crippen LogP contribution in [-0.2, 0) is 19.9 Å². The predicted octanol–water partition coefficient (Wildman–Crippen LogP) is 1.91. The summed E-state index contributed by atoms with van der Waals surface area (Å²) in [4.78, 5) is 35.5. The quantitative estimate of drug-likeness (QED) is 0.624. The number of hydrogen-bond acceptors (Lipinski definition) is 6. The van der Waals surface area contributed by atoms with Gasteiger partial charge in [0, 0.05) is 6.07 Å². The number of carbonyl (C=O) groups excluding carboxylic acids is 2. The number of hydrogen-bond donors (Lipinski definition) is 3. The highest BCUT2D eigenvalue weighted by atomic mass is 32.2. The molecule has 0 saturated heterocycles. The molecule has 1 heterocycles. The van der Waals surface area contributed by atoms with Crippen molar-refractivity contribution in [3.05, 3.63) is 47.5 Å². The van der Waals surface area contributed by atoms with Crippen LogP contribution in [0.3, 0.4) is 0 Å². The zero-order valence-electron chi connectivity index (χ0n) is 14.6. The molecule has 1 atom stereocenters. The standard InChI is InChI=1S/C17H18FN3O5S/c1-10-7-13(21-26-10)19-14(22)8-27-9-15(23)20-17(2,16(24)25)11-3-5-12(18)6-4-11/h3-7H,8-9H2,1-2H3,(H,20,23)(H,24,25)(H,19,21,22). The number of anilines is 1. The molecule has 10 heteroatoms. The second kappa shape index (κ2) is 8.67. The van der Waals surface area contributed by atoms with Crippen LogP contribution in [0.15, 0.2) is 34.9 Å². The molecule has 0 spiro atoms. The molecule has 0 aliphatic rings. The Labute approximate surface area is 158 Å². The van der Waals surface area contributed by atoms with E-state index in [0.29, 0.717) is 5.76 Å². The largest absolute Gasteiger partial charge is 0.479 e. The molecule has 0 aliphatic carbocycles. The molecule has 1 unspecified atom stereocenters. The number of benzene rings is 1. The van der Waals surface area contributed by atoms with E-state index in [1.807, 2.05) is 0 Å². The van der Waals surface area contributed by atoms with Gasteiger partial charge in [-0.15, -0.1) is 11.8 Å². The minimum atomic E-state index is -1.72. The Bertz CT molecular complexity index is 839. The molecule has 2 aromatic rings. The number of carboxylic acids is 1. The molecule has 1 aromatic heterocycles. The van der Waals surface area contributed by atoms with E-state index in [1.165, 1.54) is 19.1 Å². The molecule has 0 fully saturated rings. The number of rotatable bonds is 8. The molecule has 1 aromatic carbocycles. The second-order valence-corrected chi connectivity index (χ2v) is 6.83. The van der Waals surface area contributed by atoms with Gasteiger partial charge in [-0.25, -0.2) is 9.18 Å². The second-order valence-electron chi connectivity index (χ2n) is 5.85. The van der Waals surface area contributed by atoms with Crippen LogP contribution >= 0.6 is 11.8 Å². The first-order chi connectivity index (χ1) is 12.7. The minimum absolute atomic E-state index is 0.0281. The topological polar surface area (TPSA) is 122 Å². The van der Waals surface area contributed by atoms with Crippen molar-refractivity contribution in [3.63, 3.8) is 0 Å². The summed E-state index contributed by atoms with van der Waals surface area (Å²) in [7, 11) is 0. The Morgan fingerprint density at radius 3 is 2.41 bits per heavy atom. The number of nitrogens with one attached hydrogen (secondary N) is 2. The van der Waals surface area contributed by atoms with Gasteiger partial charge in [-0.3, -0.25) is 9.59 Å². The molecule has 0 aliphatic heterocycles. The molecule has 0 saturated carbocycles. The Balaban J connectivity index is 1.88. The van der Waals surface area contributed by atoms with Gasteiger partial charge in [0.25, 0.3) is 0 Å². The summed E-state index contributed by atoms with van der Waals surface area (Å²) >= 11 is 1.01. The Morgan fingerprint density at radius 2 is 1.85 bits per heavy atom. The molecular weight excluding hydrogens is 377 g/mol. The number of carbonyl (C=O) groups is 3. The monoisotopic (exact) mass is 395 g/mol. The zero-order chi connectivity index (χ0) is 20.0. The molecule has 144 valence electrons. The van der Waals surface area contributed by atoms with Gasteiger partial charge in [0.15, 0.2) is 11.4 Å². The number of aromatic nitrogens is 1. The van der Waals surface area contributed by atoms with Crippen molar-refractivity contribution in [3.8, 4) is 0 Å². The molecule has 27 heavy (non-hydrogen) atoms. The summed E-state index contributed by atoms with van der Waals surface area (Å²) in [5, 5.41) is 18.0. The molecular formula is C17H18FN3O5S. The third kappa shape index (κ3) is 5.55. The summed E-state index contributed by atoms with van der Waals surface area (Å²) < 4.78 is 17.9. The normalized spacial score (nSPS) is 12.9. The van der Waals surface area contributed by atoms with Crippen LogP contribution in [0.2, 0.25) is 0 Å². The fraction of sp³-hybridized carbons (Fsp3) is 0.294. The first-order valence-electron chi connectivity index (χ1n) is 7.82. The number of amides is 2. The van der Waals surface area contributed by atoms with Crippen molar-refractivity contribution in [1.29, 1.82) is 0 Å². The molecule has 3 N–H and O–H groups in total. The summed E-state index contributed by atoms with van der Waals surface area (Å²) in [5.74, 6) is -2.08. The van der Waals surface area contributed by atoms with E-state index in [-0.39, 0.29) is 28.8 Å². The van der Waals surface area contributed by atoms with E-state index >= 15 is 0 Å². The average molecular weight is 395 g/mol. The van der Waals surface area contributed by atoms with E-state index in [0.717, 1.165) is 23.9 Å². The zero-order valence-corrected chi connectivity index (χ0v) is 15.4. The first kappa shape index (κ1) is 20.4. The molecule has 0 radical (unpaired) electrons. The van der Waals surface area contributed by atoms with E-state index in [9.17, 15) is 23.9 Å². The van der Waals surface area contributed by atoms with Crippen LogP contribution in [0.5, 0.6) is 0 Å². The van der Waals surface area contributed by atoms with Crippen molar-refractivity contribution in [2.24, 2.45) is 0 Å². The molecule has 0 bridgehead atoms. The molecule has 2 amide bonds. The van der Waals surface area contributed by atoms with Crippen LogP contribution in [0, 0.1) is 12.7 Å². The molecule has 2 rings (SSSR count). The smallest absolute Gasteiger partial charge is 0.333 e. The summed E-state index contributed by atoms with van der Waals surface area (Å²) in [6, 6.07) is 6.38. The number of aliphatic carboxylic acids is 1. The SMILES string of the molecule is Cc1cc(NC(=O)CSCC(=O)NC(C)(C(=O)O)c2ccc(F)cc2)no1. The van der Waals surface area contributed by atoms with Crippen molar-refractivity contribution < 1.29 is 28.4 Å². The van der Waals surface area contributed by atoms with E-state index in [1.54, 1.807) is 13.0 Å². The Morgan fingerprint density at radius 1 is 1.22 bits per heavy atom. The lowest BCUT2D eigenvalue weighted by atomic mass is 9.92. The number of nitrogens with zero attached hydrogens (tertiary/aromatic N) is 1. The van der Waals surface area contributed by atoms with E-state index in [2.05, 4.69) is 15.8 Å². The van der Waals surface area contributed by atoms with Crippen molar-refractivity contribution >= 4 is 35.4 Å². The van der Waals surface area contributed by atoms with Crippen LogP contribution in [0.1, 0.15) is 18.2 Å². The number of aryl methyl sites for hydroxylation is 1. The van der Waals surface area contributed by atoms with Gasteiger partial charge in [0.1, 0.15) is 11.6 Å². The summed E-state index contributed by atoms with van der Waals surface area (Å²) in [6.07, 6.45) is 0. The highest BCUT2D eigenvalue weighted by molar-refractivity contribution is 8.00. The first-order valence-corrected chi connectivity index (χ1v) is 8.97. The lowest BCUT2D eigenvalue weighted by Crippen LogP contribution is -2.50. The van der Waals surface area contributed by atoms with Crippen LogP contribution < -0.4 is 10.6 Å². The van der Waals surface area contributed by atoms with Gasteiger partial charge in [-0.05, 0) is 31.5 Å². The number of carboxylic acid groups (broad SMARTS) is 1. The molecule has 8 nitrogen and oxygen atoms in total. The van der Waals surface area contributed by atoms with Gasteiger partial charge < -0.3 is 20.3 Å². The Kier molecular flexibility index (Phi) is 6.56. The van der Waals surface area contributed by atoms with Crippen molar-refractivity contribution in [1.82, 2.24) is 10.5 Å². The van der Waals surface area contributed by atoms with Gasteiger partial charge in [-0.2, -0.15) is 0 Å². The third-order valence-electron chi connectivity index (χ3n) is 3.60. The number of halogens is 1. The Hall–Kier alpha value is -2.88. The van der Waals surface area contributed by atoms with Gasteiger partial charge in [0.2, 0.25) is 11.8 Å².